The number of nitrogens with zero attached hydrogens (tertiary/aromatic N) is 3. The number of fused-ring (bicyclic) bond motifs is 1. The van der Waals surface area contributed by atoms with E-state index in [1.54, 1.807) is 18.2 Å². The van der Waals surface area contributed by atoms with Gasteiger partial charge in [-0.25, -0.2) is 4.98 Å². The molecule has 88 valence electrons. The molecule has 0 saturated carbocycles. The maximum Gasteiger partial charge on any atom is 0.224 e. The lowest BCUT2D eigenvalue weighted by Crippen LogP contribution is -2.19. The highest BCUT2D eigenvalue weighted by Crippen LogP contribution is 2.30. The first-order chi connectivity index (χ1) is 8.24. The molecule has 0 radical (unpaired) electrons. The first-order valence-corrected chi connectivity index (χ1v) is 6.03. The van der Waals surface area contributed by atoms with E-state index in [0.29, 0.717) is 0 Å². The number of phenolic OH excluding ortho intramolecular Hbond substituents is 1. The van der Waals surface area contributed by atoms with E-state index in [-0.39, 0.29) is 11.0 Å². The summed E-state index contributed by atoms with van der Waals surface area (Å²) < 4.78 is 0. The normalized spacial score (nSPS) is 15.7. The van der Waals surface area contributed by atoms with Gasteiger partial charge in [0.25, 0.3) is 0 Å². The topological polar surface area (TPSA) is 49.3 Å². The van der Waals surface area contributed by atoms with Crippen LogP contribution in [-0.4, -0.2) is 28.2 Å². The Hall–Kier alpha value is -1.55. The van der Waals surface area contributed by atoms with Gasteiger partial charge in [-0.3, -0.25) is 0 Å². The van der Waals surface area contributed by atoms with Crippen LogP contribution in [0.25, 0.3) is 10.9 Å². The third kappa shape index (κ3) is 1.89. The Kier molecular flexibility index (Phi) is 2.52. The van der Waals surface area contributed by atoms with E-state index in [1.807, 2.05) is 0 Å². The number of phenols is 1. The third-order valence-electron chi connectivity index (χ3n) is 3.04. The fraction of sp³-hybridized carbons (Fsp3) is 0.333. The van der Waals surface area contributed by atoms with E-state index >= 15 is 0 Å². The van der Waals surface area contributed by atoms with Crippen LogP contribution in [-0.2, 0) is 0 Å². The van der Waals surface area contributed by atoms with Gasteiger partial charge in [0.05, 0.1) is 5.52 Å². The molecule has 17 heavy (non-hydrogen) atoms. The largest absolute Gasteiger partial charge is 0.508 e. The van der Waals surface area contributed by atoms with Crippen LogP contribution in [0.5, 0.6) is 5.75 Å². The molecule has 1 N–H and O–H groups in total. The van der Waals surface area contributed by atoms with Gasteiger partial charge in [0, 0.05) is 18.5 Å². The Labute approximate surface area is 104 Å². The molecule has 1 aliphatic rings. The van der Waals surface area contributed by atoms with Gasteiger partial charge in [-0.15, -0.1) is 0 Å². The van der Waals surface area contributed by atoms with Crippen molar-refractivity contribution in [3.63, 3.8) is 0 Å². The van der Waals surface area contributed by atoms with Crippen molar-refractivity contribution < 1.29 is 5.11 Å². The third-order valence-corrected chi connectivity index (χ3v) is 3.21. The molecule has 3 rings (SSSR count). The molecule has 1 saturated heterocycles. The van der Waals surface area contributed by atoms with Crippen LogP contribution in [0.1, 0.15) is 12.8 Å². The van der Waals surface area contributed by atoms with Crippen LogP contribution in [0.3, 0.4) is 0 Å². The van der Waals surface area contributed by atoms with Crippen molar-refractivity contribution in [1.82, 2.24) is 9.97 Å². The molecule has 1 fully saturated rings. The summed E-state index contributed by atoms with van der Waals surface area (Å²) in [6.45, 7) is 1.97. The van der Waals surface area contributed by atoms with Crippen molar-refractivity contribution >= 4 is 28.3 Å². The minimum absolute atomic E-state index is 0.226. The molecular weight excluding hydrogens is 238 g/mol. The molecule has 1 aromatic heterocycles. The van der Waals surface area contributed by atoms with E-state index in [0.717, 1.165) is 29.8 Å². The average Bonchev–Trinajstić information content (AvgIpc) is 2.82. The maximum atomic E-state index is 9.56. The first kappa shape index (κ1) is 10.6. The van der Waals surface area contributed by atoms with E-state index in [2.05, 4.69) is 14.9 Å². The highest BCUT2D eigenvalue weighted by Gasteiger charge is 2.17. The number of aromatic nitrogens is 2. The number of benzene rings is 1. The zero-order valence-electron chi connectivity index (χ0n) is 9.23. The van der Waals surface area contributed by atoms with Gasteiger partial charge in [0.2, 0.25) is 5.28 Å². The summed E-state index contributed by atoms with van der Waals surface area (Å²) in [4.78, 5) is 10.6. The van der Waals surface area contributed by atoms with Crippen LogP contribution in [0, 0.1) is 0 Å². The van der Waals surface area contributed by atoms with Crippen molar-refractivity contribution in [2.24, 2.45) is 0 Å². The second kappa shape index (κ2) is 4.04. The summed E-state index contributed by atoms with van der Waals surface area (Å²) >= 11 is 5.93. The molecule has 2 aromatic rings. The number of aromatic hydroxyl groups is 1. The van der Waals surface area contributed by atoms with Crippen molar-refractivity contribution in [3.8, 4) is 5.75 Å². The number of anilines is 1. The average molecular weight is 250 g/mol. The second-order valence-electron chi connectivity index (χ2n) is 4.21. The lowest BCUT2D eigenvalue weighted by Gasteiger charge is -2.18. The molecule has 0 aliphatic carbocycles. The predicted molar refractivity (Wildman–Crippen MR) is 67.7 cm³/mol. The zero-order chi connectivity index (χ0) is 11.8. The highest BCUT2D eigenvalue weighted by molar-refractivity contribution is 6.28. The Balaban J connectivity index is 2.23. The van der Waals surface area contributed by atoms with E-state index in [1.165, 1.54) is 12.8 Å². The van der Waals surface area contributed by atoms with Crippen molar-refractivity contribution in [2.45, 2.75) is 12.8 Å². The standard InChI is InChI=1S/C12H12ClN3O/c13-12-14-10-4-3-8(17)7-9(10)11(15-12)16-5-1-2-6-16/h3-4,7,17H,1-2,5-6H2. The summed E-state index contributed by atoms with van der Waals surface area (Å²) in [6.07, 6.45) is 2.34. The molecule has 0 spiro atoms. The van der Waals surface area contributed by atoms with Crippen molar-refractivity contribution in [3.05, 3.63) is 23.5 Å². The van der Waals surface area contributed by atoms with Crippen LogP contribution >= 0.6 is 11.6 Å². The molecule has 1 aliphatic heterocycles. The number of halogens is 1. The molecule has 1 aromatic carbocycles. The smallest absolute Gasteiger partial charge is 0.224 e. The van der Waals surface area contributed by atoms with Crippen molar-refractivity contribution in [2.75, 3.05) is 18.0 Å². The molecule has 4 nitrogen and oxygen atoms in total. The second-order valence-corrected chi connectivity index (χ2v) is 4.55. The van der Waals surface area contributed by atoms with E-state index in [9.17, 15) is 5.11 Å². The Morgan fingerprint density at radius 3 is 2.71 bits per heavy atom. The predicted octanol–water partition coefficient (Wildman–Crippen LogP) is 2.59. The molecule has 2 heterocycles. The Bertz CT molecular complexity index is 567. The van der Waals surface area contributed by atoms with Crippen LogP contribution in [0.15, 0.2) is 18.2 Å². The molecular formula is C12H12ClN3O. The van der Waals surface area contributed by atoms with E-state index in [4.69, 9.17) is 11.6 Å². The van der Waals surface area contributed by atoms with Crippen molar-refractivity contribution in [1.29, 1.82) is 0 Å². The zero-order valence-corrected chi connectivity index (χ0v) is 9.98. The number of hydrogen-bond acceptors (Lipinski definition) is 4. The number of rotatable bonds is 1. The van der Waals surface area contributed by atoms with Gasteiger partial charge < -0.3 is 10.0 Å². The quantitative estimate of drug-likeness (QED) is 0.790. The van der Waals surface area contributed by atoms with Crippen LogP contribution in [0.2, 0.25) is 5.28 Å². The van der Waals surface area contributed by atoms with Gasteiger partial charge >= 0.3 is 0 Å². The lowest BCUT2D eigenvalue weighted by molar-refractivity contribution is 0.476. The highest BCUT2D eigenvalue weighted by atomic mass is 35.5. The molecule has 0 amide bonds. The van der Waals surface area contributed by atoms with Gasteiger partial charge in [-0.1, -0.05) is 0 Å². The lowest BCUT2D eigenvalue weighted by atomic mass is 10.2. The summed E-state index contributed by atoms with van der Waals surface area (Å²) in [6, 6.07) is 5.07. The summed E-state index contributed by atoms with van der Waals surface area (Å²) in [5.74, 6) is 1.05. The Morgan fingerprint density at radius 1 is 1.18 bits per heavy atom. The fourth-order valence-electron chi connectivity index (χ4n) is 2.24. The van der Waals surface area contributed by atoms with Gasteiger partial charge in [-0.2, -0.15) is 4.98 Å². The molecule has 0 atom stereocenters. The minimum Gasteiger partial charge on any atom is -0.508 e. The minimum atomic E-state index is 0.226. The summed E-state index contributed by atoms with van der Waals surface area (Å²) in [5, 5.41) is 10.7. The summed E-state index contributed by atoms with van der Waals surface area (Å²) in [5.41, 5.74) is 0.768. The molecule has 5 heteroatoms. The van der Waals surface area contributed by atoms with Gasteiger partial charge in [-0.05, 0) is 42.6 Å². The van der Waals surface area contributed by atoms with Gasteiger partial charge in [0.1, 0.15) is 11.6 Å². The van der Waals surface area contributed by atoms with Crippen LogP contribution < -0.4 is 4.90 Å². The summed E-state index contributed by atoms with van der Waals surface area (Å²) in [7, 11) is 0. The first-order valence-electron chi connectivity index (χ1n) is 5.65. The van der Waals surface area contributed by atoms with Gasteiger partial charge in [0.15, 0.2) is 0 Å². The van der Waals surface area contributed by atoms with Crippen LogP contribution in [0.4, 0.5) is 5.82 Å². The number of hydrogen-bond donors (Lipinski definition) is 1. The van der Waals surface area contributed by atoms with E-state index < -0.39 is 0 Å². The Morgan fingerprint density at radius 2 is 1.94 bits per heavy atom. The molecule has 0 unspecified atom stereocenters. The SMILES string of the molecule is Oc1ccc2nc(Cl)nc(N3CCCC3)c2c1. The monoisotopic (exact) mass is 249 g/mol. The maximum absolute atomic E-state index is 9.56. The fourth-order valence-corrected chi connectivity index (χ4v) is 2.41. The molecule has 0 bridgehead atoms.